The van der Waals surface area contributed by atoms with Gasteiger partial charge in [0, 0.05) is 22.2 Å². The molecule has 1 aromatic carbocycles. The van der Waals surface area contributed by atoms with Gasteiger partial charge in [-0.3, -0.25) is 4.79 Å². The van der Waals surface area contributed by atoms with E-state index in [0.717, 1.165) is 18.4 Å². The van der Waals surface area contributed by atoms with Gasteiger partial charge in [-0.25, -0.2) is 0 Å². The summed E-state index contributed by atoms with van der Waals surface area (Å²) in [4.78, 5) is 15.1. The third kappa shape index (κ3) is 4.43. The zero-order valence-electron chi connectivity index (χ0n) is 12.9. The van der Waals surface area contributed by atoms with Crippen molar-refractivity contribution in [3.63, 3.8) is 0 Å². The van der Waals surface area contributed by atoms with Gasteiger partial charge in [-0.05, 0) is 38.0 Å². The molecule has 2 aromatic rings. The van der Waals surface area contributed by atoms with E-state index < -0.39 is 0 Å². The molecule has 21 heavy (non-hydrogen) atoms. The maximum Gasteiger partial charge on any atom is 0.227 e. The van der Waals surface area contributed by atoms with Crippen molar-refractivity contribution in [1.29, 1.82) is 0 Å². The van der Waals surface area contributed by atoms with E-state index in [2.05, 4.69) is 38.2 Å². The second-order valence-electron chi connectivity index (χ2n) is 5.50. The van der Waals surface area contributed by atoms with Gasteiger partial charge in [-0.1, -0.05) is 37.3 Å². The van der Waals surface area contributed by atoms with E-state index >= 15 is 0 Å². The van der Waals surface area contributed by atoms with E-state index in [0.29, 0.717) is 0 Å². The van der Waals surface area contributed by atoms with Crippen molar-refractivity contribution in [2.45, 2.75) is 45.6 Å². The summed E-state index contributed by atoms with van der Waals surface area (Å²) in [7, 11) is 0. The molecule has 2 rings (SSSR count). The molecular formula is C18H23NOS. The maximum atomic E-state index is 12.5. The lowest BCUT2D eigenvalue weighted by Gasteiger charge is -2.19. The predicted molar refractivity (Wildman–Crippen MR) is 89.8 cm³/mol. The summed E-state index contributed by atoms with van der Waals surface area (Å²) in [6.45, 7) is 6.25. The molecule has 0 aliphatic heterocycles. The largest absolute Gasteiger partial charge is 0.353 e. The molecule has 112 valence electrons. The average Bonchev–Trinajstić information content (AvgIpc) is 2.85. The summed E-state index contributed by atoms with van der Waals surface area (Å²) in [5.41, 5.74) is 1.09. The minimum atomic E-state index is -0.0567. The van der Waals surface area contributed by atoms with E-state index in [-0.39, 0.29) is 17.9 Å². The lowest BCUT2D eigenvalue weighted by Crippen LogP contribution is -2.37. The first-order chi connectivity index (χ1) is 10.1. The van der Waals surface area contributed by atoms with Gasteiger partial charge < -0.3 is 5.32 Å². The molecule has 0 spiro atoms. The monoisotopic (exact) mass is 301 g/mol. The quantitative estimate of drug-likeness (QED) is 0.847. The normalized spacial score (nSPS) is 13.7. The van der Waals surface area contributed by atoms with Gasteiger partial charge in [0.2, 0.25) is 5.91 Å². The highest BCUT2D eigenvalue weighted by Gasteiger charge is 2.20. The number of hydrogen-bond acceptors (Lipinski definition) is 2. The zero-order chi connectivity index (χ0) is 15.2. The van der Waals surface area contributed by atoms with E-state index in [1.165, 1.54) is 9.75 Å². The molecule has 2 unspecified atom stereocenters. The van der Waals surface area contributed by atoms with E-state index in [1.54, 1.807) is 11.3 Å². The minimum Gasteiger partial charge on any atom is -0.353 e. The van der Waals surface area contributed by atoms with Crippen LogP contribution in [0.3, 0.4) is 0 Å². The fourth-order valence-corrected chi connectivity index (χ4v) is 3.57. The Labute approximate surface area is 131 Å². The summed E-state index contributed by atoms with van der Waals surface area (Å²) in [5.74, 6) is 0.0724. The molecule has 0 bridgehead atoms. The molecule has 0 saturated carbocycles. The van der Waals surface area contributed by atoms with Gasteiger partial charge in [0.25, 0.3) is 0 Å². The van der Waals surface area contributed by atoms with Crippen molar-refractivity contribution in [1.82, 2.24) is 5.32 Å². The minimum absolute atomic E-state index is 0.0567. The standard InChI is InChI=1S/C18H23NOS/c1-4-17(15-8-6-5-7-9-15)18(20)19-13(2)12-16-11-10-14(3)21-16/h5-11,13,17H,4,12H2,1-3H3,(H,19,20). The highest BCUT2D eigenvalue weighted by atomic mass is 32.1. The van der Waals surface area contributed by atoms with Gasteiger partial charge in [0.15, 0.2) is 0 Å². The van der Waals surface area contributed by atoms with Gasteiger partial charge in [-0.2, -0.15) is 0 Å². The van der Waals surface area contributed by atoms with Gasteiger partial charge in [-0.15, -0.1) is 11.3 Å². The molecule has 0 saturated heterocycles. The fourth-order valence-electron chi connectivity index (χ4n) is 2.55. The number of thiophene rings is 1. The molecule has 3 heteroatoms. The van der Waals surface area contributed by atoms with Gasteiger partial charge in [0.05, 0.1) is 5.92 Å². The van der Waals surface area contributed by atoms with Gasteiger partial charge >= 0.3 is 0 Å². The SMILES string of the molecule is CCC(C(=O)NC(C)Cc1ccc(C)s1)c1ccccc1. The van der Waals surface area contributed by atoms with E-state index in [1.807, 2.05) is 30.3 Å². The number of benzene rings is 1. The summed E-state index contributed by atoms with van der Waals surface area (Å²) in [6, 6.07) is 14.5. The first-order valence-corrected chi connectivity index (χ1v) is 8.32. The maximum absolute atomic E-state index is 12.5. The van der Waals surface area contributed by atoms with Crippen LogP contribution in [0.15, 0.2) is 42.5 Å². The molecular weight excluding hydrogens is 278 g/mol. The van der Waals surface area contributed by atoms with Crippen molar-refractivity contribution in [3.8, 4) is 0 Å². The van der Waals surface area contributed by atoms with Gasteiger partial charge in [0.1, 0.15) is 0 Å². The molecule has 1 aromatic heterocycles. The molecule has 0 fully saturated rings. The number of carbonyl (C=O) groups is 1. The molecule has 1 N–H and O–H groups in total. The van der Waals surface area contributed by atoms with Crippen molar-refractivity contribution in [2.75, 3.05) is 0 Å². The third-order valence-electron chi connectivity index (χ3n) is 3.62. The van der Waals surface area contributed by atoms with Crippen LogP contribution in [-0.4, -0.2) is 11.9 Å². The molecule has 1 amide bonds. The average molecular weight is 301 g/mol. The topological polar surface area (TPSA) is 29.1 Å². The molecule has 2 atom stereocenters. The summed E-state index contributed by atoms with van der Waals surface area (Å²) < 4.78 is 0. The first kappa shape index (κ1) is 15.8. The summed E-state index contributed by atoms with van der Waals surface area (Å²) >= 11 is 1.80. The smallest absolute Gasteiger partial charge is 0.227 e. The predicted octanol–water partition coefficient (Wildman–Crippen LogP) is 4.30. The van der Waals surface area contributed by atoms with Crippen LogP contribution >= 0.6 is 11.3 Å². The second-order valence-corrected chi connectivity index (χ2v) is 6.87. The Morgan fingerprint density at radius 1 is 1.19 bits per heavy atom. The molecule has 1 heterocycles. The Balaban J connectivity index is 1.96. The van der Waals surface area contributed by atoms with Crippen LogP contribution in [0.1, 0.15) is 41.5 Å². The van der Waals surface area contributed by atoms with Crippen molar-refractivity contribution < 1.29 is 4.79 Å². The Morgan fingerprint density at radius 3 is 2.48 bits per heavy atom. The third-order valence-corrected chi connectivity index (χ3v) is 4.64. The van der Waals surface area contributed by atoms with E-state index in [4.69, 9.17) is 0 Å². The highest BCUT2D eigenvalue weighted by molar-refractivity contribution is 7.11. The van der Waals surface area contributed by atoms with Crippen molar-refractivity contribution >= 4 is 17.2 Å². The van der Waals surface area contributed by atoms with Crippen LogP contribution in [-0.2, 0) is 11.2 Å². The van der Waals surface area contributed by atoms with Crippen LogP contribution in [0.5, 0.6) is 0 Å². The van der Waals surface area contributed by atoms with Crippen LogP contribution < -0.4 is 5.32 Å². The summed E-state index contributed by atoms with van der Waals surface area (Å²) in [5, 5.41) is 3.15. The van der Waals surface area contributed by atoms with Crippen molar-refractivity contribution in [2.24, 2.45) is 0 Å². The molecule has 2 nitrogen and oxygen atoms in total. The number of rotatable bonds is 6. The Morgan fingerprint density at radius 2 is 1.90 bits per heavy atom. The lowest BCUT2D eigenvalue weighted by molar-refractivity contribution is -0.123. The van der Waals surface area contributed by atoms with E-state index in [9.17, 15) is 4.79 Å². The number of carbonyl (C=O) groups excluding carboxylic acids is 1. The number of hydrogen-bond donors (Lipinski definition) is 1. The van der Waals surface area contributed by atoms with Crippen LogP contribution in [0, 0.1) is 6.92 Å². The number of aryl methyl sites for hydroxylation is 1. The lowest BCUT2D eigenvalue weighted by atomic mass is 9.95. The Bertz CT molecular complexity index is 576. The van der Waals surface area contributed by atoms with Crippen LogP contribution in [0.2, 0.25) is 0 Å². The second kappa shape index (κ2) is 7.41. The van der Waals surface area contributed by atoms with Crippen LogP contribution in [0.25, 0.3) is 0 Å². The number of nitrogens with one attached hydrogen (secondary N) is 1. The van der Waals surface area contributed by atoms with Crippen LogP contribution in [0.4, 0.5) is 0 Å². The number of amides is 1. The first-order valence-electron chi connectivity index (χ1n) is 7.50. The fraction of sp³-hybridized carbons (Fsp3) is 0.389. The Hall–Kier alpha value is -1.61. The highest BCUT2D eigenvalue weighted by Crippen LogP contribution is 2.20. The molecule has 0 aliphatic carbocycles. The Kier molecular flexibility index (Phi) is 5.57. The molecule has 0 aliphatic rings. The molecule has 0 radical (unpaired) electrons. The zero-order valence-corrected chi connectivity index (χ0v) is 13.7. The van der Waals surface area contributed by atoms with Crippen molar-refractivity contribution in [3.05, 3.63) is 57.8 Å². The summed E-state index contributed by atoms with van der Waals surface area (Å²) in [6.07, 6.45) is 1.72.